The number of nitrogens with one attached hydrogen (secondary N) is 3. The van der Waals surface area contributed by atoms with Gasteiger partial charge in [-0.2, -0.15) is 15.1 Å². The normalized spacial score (nSPS) is 10.8. The fourth-order valence-electron chi connectivity index (χ4n) is 1.76. The van der Waals surface area contributed by atoms with Crippen molar-refractivity contribution in [2.45, 2.75) is 6.54 Å². The number of aromatic nitrogens is 6. The van der Waals surface area contributed by atoms with Crippen LogP contribution in [0.1, 0.15) is 0 Å². The van der Waals surface area contributed by atoms with Crippen LogP contribution in [0.15, 0.2) is 24.9 Å². The summed E-state index contributed by atoms with van der Waals surface area (Å²) in [4.78, 5) is 12.4. The van der Waals surface area contributed by atoms with Crippen molar-refractivity contribution in [3.63, 3.8) is 0 Å². The van der Waals surface area contributed by atoms with Gasteiger partial charge in [0.05, 0.1) is 17.9 Å². The first-order chi connectivity index (χ1) is 9.36. The summed E-state index contributed by atoms with van der Waals surface area (Å²) >= 11 is 0. The van der Waals surface area contributed by atoms with E-state index in [0.717, 1.165) is 11.9 Å². The quantitative estimate of drug-likeness (QED) is 0.374. The first-order valence-corrected chi connectivity index (χ1v) is 5.74. The third-order valence-electron chi connectivity index (χ3n) is 2.66. The van der Waals surface area contributed by atoms with Gasteiger partial charge in [0.25, 0.3) is 0 Å². The summed E-state index contributed by atoms with van der Waals surface area (Å²) in [5, 5.41) is 10.8. The van der Waals surface area contributed by atoms with E-state index in [2.05, 4.69) is 35.9 Å². The molecule has 3 rings (SSSR count). The van der Waals surface area contributed by atoms with E-state index in [1.807, 2.05) is 10.8 Å². The highest BCUT2D eigenvalue weighted by atomic mass is 15.3. The van der Waals surface area contributed by atoms with Gasteiger partial charge in [0, 0.05) is 25.5 Å². The van der Waals surface area contributed by atoms with E-state index in [1.54, 1.807) is 18.7 Å². The van der Waals surface area contributed by atoms with Gasteiger partial charge in [0.15, 0.2) is 5.65 Å². The zero-order valence-corrected chi connectivity index (χ0v) is 10.0. The third-order valence-corrected chi connectivity index (χ3v) is 2.66. The van der Waals surface area contributed by atoms with Gasteiger partial charge in [-0.15, -0.1) is 0 Å². The standard InChI is InChI=1S/C10H13N9/c11-17-10-15-8(7-5-14-18-9(7)16-10)13-2-4-19-3-1-12-6-19/h1,3,5-6H,2,4,11H2,(H3,13,14,15,16,17,18). The van der Waals surface area contributed by atoms with Crippen molar-refractivity contribution >= 4 is 22.8 Å². The molecule has 9 nitrogen and oxygen atoms in total. The molecule has 98 valence electrons. The topological polar surface area (TPSA) is 122 Å². The zero-order chi connectivity index (χ0) is 13.1. The molecule has 0 aromatic carbocycles. The molecule has 0 aliphatic carbocycles. The first-order valence-electron chi connectivity index (χ1n) is 5.74. The number of imidazole rings is 1. The molecule has 0 fully saturated rings. The highest BCUT2D eigenvalue weighted by Crippen LogP contribution is 2.19. The number of nitrogens with two attached hydrogens (primary N) is 1. The monoisotopic (exact) mass is 259 g/mol. The summed E-state index contributed by atoms with van der Waals surface area (Å²) in [6.45, 7) is 1.49. The minimum absolute atomic E-state index is 0.335. The Balaban J connectivity index is 1.77. The summed E-state index contributed by atoms with van der Waals surface area (Å²) in [7, 11) is 0. The molecule has 0 atom stereocenters. The summed E-state index contributed by atoms with van der Waals surface area (Å²) in [5.41, 5.74) is 3.06. The van der Waals surface area contributed by atoms with Crippen molar-refractivity contribution in [1.82, 2.24) is 29.7 Å². The fourth-order valence-corrected chi connectivity index (χ4v) is 1.76. The van der Waals surface area contributed by atoms with E-state index in [1.165, 1.54) is 0 Å². The molecule has 0 amide bonds. The number of rotatable bonds is 5. The van der Waals surface area contributed by atoms with Crippen LogP contribution in [0.2, 0.25) is 0 Å². The Kier molecular flexibility index (Phi) is 2.94. The van der Waals surface area contributed by atoms with E-state index in [9.17, 15) is 0 Å². The maximum absolute atomic E-state index is 5.33. The summed E-state index contributed by atoms with van der Waals surface area (Å²) in [6, 6.07) is 0. The summed E-state index contributed by atoms with van der Waals surface area (Å²) < 4.78 is 1.98. The lowest BCUT2D eigenvalue weighted by atomic mass is 10.4. The molecule has 3 heterocycles. The predicted octanol–water partition coefficient (Wildman–Crippen LogP) is -0.0529. The molecular weight excluding hydrogens is 246 g/mol. The van der Waals surface area contributed by atoms with Gasteiger partial charge in [0.1, 0.15) is 5.82 Å². The largest absolute Gasteiger partial charge is 0.367 e. The average molecular weight is 259 g/mol. The third kappa shape index (κ3) is 2.31. The van der Waals surface area contributed by atoms with Gasteiger partial charge in [-0.3, -0.25) is 10.5 Å². The van der Waals surface area contributed by atoms with Crippen LogP contribution in [0.4, 0.5) is 11.8 Å². The Hall–Kier alpha value is -2.68. The van der Waals surface area contributed by atoms with Gasteiger partial charge in [-0.1, -0.05) is 0 Å². The number of anilines is 2. The Morgan fingerprint density at radius 1 is 1.37 bits per heavy atom. The number of hydrazine groups is 1. The van der Waals surface area contributed by atoms with E-state index < -0.39 is 0 Å². The van der Waals surface area contributed by atoms with E-state index in [4.69, 9.17) is 5.84 Å². The highest BCUT2D eigenvalue weighted by molar-refractivity contribution is 5.86. The van der Waals surface area contributed by atoms with Crippen molar-refractivity contribution in [3.05, 3.63) is 24.9 Å². The molecule has 9 heteroatoms. The molecule has 0 bridgehead atoms. The van der Waals surface area contributed by atoms with Crippen molar-refractivity contribution in [1.29, 1.82) is 0 Å². The van der Waals surface area contributed by atoms with Crippen LogP contribution in [0.5, 0.6) is 0 Å². The van der Waals surface area contributed by atoms with Gasteiger partial charge in [0.2, 0.25) is 5.95 Å². The number of H-pyrrole nitrogens is 1. The van der Waals surface area contributed by atoms with E-state index >= 15 is 0 Å². The van der Waals surface area contributed by atoms with Crippen LogP contribution in [-0.4, -0.2) is 36.3 Å². The lowest BCUT2D eigenvalue weighted by molar-refractivity contribution is 0.726. The lowest BCUT2D eigenvalue weighted by Crippen LogP contribution is -2.14. The Morgan fingerprint density at radius 3 is 3.11 bits per heavy atom. The molecule has 0 unspecified atom stereocenters. The molecule has 19 heavy (non-hydrogen) atoms. The maximum Gasteiger partial charge on any atom is 0.241 e. The van der Waals surface area contributed by atoms with Gasteiger partial charge in [-0.05, 0) is 0 Å². The molecule has 0 saturated carbocycles. The smallest absolute Gasteiger partial charge is 0.241 e. The van der Waals surface area contributed by atoms with E-state index in [-0.39, 0.29) is 0 Å². The van der Waals surface area contributed by atoms with Crippen LogP contribution in [0.25, 0.3) is 11.0 Å². The Labute approximate surface area is 108 Å². The second-order valence-electron chi connectivity index (χ2n) is 3.90. The summed E-state index contributed by atoms with van der Waals surface area (Å²) in [6.07, 6.45) is 7.09. The molecule has 5 N–H and O–H groups in total. The molecule has 0 aliphatic rings. The SMILES string of the molecule is NNc1nc(NCCn2ccnc2)c2cn[nH]c2n1. The molecular formula is C10H13N9. The zero-order valence-electron chi connectivity index (χ0n) is 10.0. The van der Waals surface area contributed by atoms with Crippen LogP contribution in [0.3, 0.4) is 0 Å². The van der Waals surface area contributed by atoms with Crippen LogP contribution in [0, 0.1) is 0 Å². The number of hydrogen-bond acceptors (Lipinski definition) is 7. The molecule has 0 saturated heterocycles. The van der Waals surface area contributed by atoms with Crippen LogP contribution in [-0.2, 0) is 6.54 Å². The molecule has 3 aromatic heterocycles. The number of hydrogen-bond donors (Lipinski definition) is 4. The summed E-state index contributed by atoms with van der Waals surface area (Å²) in [5.74, 6) is 6.36. The minimum atomic E-state index is 0.335. The molecule has 0 spiro atoms. The van der Waals surface area contributed by atoms with Gasteiger partial charge >= 0.3 is 0 Å². The minimum Gasteiger partial charge on any atom is -0.367 e. The van der Waals surface area contributed by atoms with Crippen LogP contribution >= 0.6 is 0 Å². The predicted molar refractivity (Wildman–Crippen MR) is 70.2 cm³/mol. The Morgan fingerprint density at radius 2 is 2.32 bits per heavy atom. The average Bonchev–Trinajstić information content (AvgIpc) is 3.08. The fraction of sp³-hybridized carbons (Fsp3) is 0.200. The lowest BCUT2D eigenvalue weighted by Gasteiger charge is -2.08. The first kappa shape index (κ1) is 11.4. The maximum atomic E-state index is 5.33. The van der Waals surface area contributed by atoms with Crippen LogP contribution < -0.4 is 16.6 Å². The highest BCUT2D eigenvalue weighted by Gasteiger charge is 2.08. The number of nitrogen functional groups attached to an aromatic ring is 1. The molecule has 3 aromatic rings. The molecule has 0 radical (unpaired) electrons. The Bertz CT molecular complexity index is 657. The second-order valence-corrected chi connectivity index (χ2v) is 3.90. The van der Waals surface area contributed by atoms with Crippen molar-refractivity contribution in [3.8, 4) is 0 Å². The van der Waals surface area contributed by atoms with Crippen molar-refractivity contribution in [2.24, 2.45) is 5.84 Å². The van der Waals surface area contributed by atoms with Crippen molar-refractivity contribution < 1.29 is 0 Å². The number of fused-ring (bicyclic) bond motifs is 1. The van der Waals surface area contributed by atoms with Crippen molar-refractivity contribution in [2.75, 3.05) is 17.3 Å². The van der Waals surface area contributed by atoms with Gasteiger partial charge < -0.3 is 9.88 Å². The number of nitrogens with zero attached hydrogens (tertiary/aromatic N) is 5. The molecule has 0 aliphatic heterocycles. The van der Waals surface area contributed by atoms with Gasteiger partial charge in [-0.25, -0.2) is 10.8 Å². The second kappa shape index (κ2) is 4.90. The number of aromatic amines is 1. The van der Waals surface area contributed by atoms with E-state index in [0.29, 0.717) is 24.0 Å².